The molecule has 1 fully saturated rings. The van der Waals surface area contributed by atoms with Gasteiger partial charge in [-0.2, -0.15) is 0 Å². The van der Waals surface area contributed by atoms with Gasteiger partial charge in [-0.25, -0.2) is 0 Å². The van der Waals surface area contributed by atoms with E-state index in [-0.39, 0.29) is 16.2 Å². The number of benzene rings is 2. The second-order valence-electron chi connectivity index (χ2n) is 10.9. The van der Waals surface area contributed by atoms with Crippen LogP contribution in [0.2, 0.25) is 0 Å². The molecule has 1 aliphatic carbocycles. The van der Waals surface area contributed by atoms with E-state index in [2.05, 4.69) is 89.3 Å². The van der Waals surface area contributed by atoms with Crippen LogP contribution < -0.4 is 5.32 Å². The largest absolute Gasteiger partial charge is 0.307 e. The monoisotopic (exact) mass is 407 g/mol. The molecule has 1 aliphatic heterocycles. The zero-order valence-corrected chi connectivity index (χ0v) is 19.9. The van der Waals surface area contributed by atoms with Crippen LogP contribution in [0.3, 0.4) is 0 Å². The Bertz CT molecular complexity index is 870. The molecule has 2 heteroatoms. The van der Waals surface area contributed by atoms with Crippen molar-refractivity contribution in [2.45, 2.75) is 82.3 Å². The lowest BCUT2D eigenvalue weighted by Gasteiger charge is -2.43. The van der Waals surface area contributed by atoms with Crippen LogP contribution in [0.4, 0.5) is 0 Å². The van der Waals surface area contributed by atoms with Gasteiger partial charge in [-0.1, -0.05) is 84.0 Å². The first kappa shape index (κ1) is 21.0. The topological polar surface area (TPSA) is 12.0 Å². The van der Waals surface area contributed by atoms with Crippen LogP contribution in [0.15, 0.2) is 42.5 Å². The minimum Gasteiger partial charge on any atom is -0.307 e. The Labute approximate surface area is 182 Å². The van der Waals surface area contributed by atoms with Crippen molar-refractivity contribution in [3.63, 3.8) is 0 Å². The molecule has 0 radical (unpaired) electrons. The summed E-state index contributed by atoms with van der Waals surface area (Å²) in [7, 11) is 0. The molecule has 1 N–H and O–H groups in total. The van der Waals surface area contributed by atoms with Gasteiger partial charge in [0.2, 0.25) is 0 Å². The highest BCUT2D eigenvalue weighted by Gasteiger charge is 2.38. The molecular formula is C27H37NS. The molecule has 0 spiro atoms. The minimum atomic E-state index is 0.00882. The van der Waals surface area contributed by atoms with E-state index >= 15 is 0 Å². The lowest BCUT2D eigenvalue weighted by Crippen LogP contribution is -2.34. The molecule has 4 rings (SSSR count). The molecular weight excluding hydrogens is 370 g/mol. The quantitative estimate of drug-likeness (QED) is 0.615. The molecule has 2 aromatic carbocycles. The number of thioether (sulfide) groups is 1. The summed E-state index contributed by atoms with van der Waals surface area (Å²) in [5.41, 5.74) is 7.95. The Morgan fingerprint density at radius 3 is 2.14 bits per heavy atom. The molecule has 1 saturated heterocycles. The maximum atomic E-state index is 3.45. The first-order chi connectivity index (χ1) is 13.6. The molecule has 156 valence electrons. The van der Waals surface area contributed by atoms with Crippen molar-refractivity contribution in [1.29, 1.82) is 0 Å². The maximum absolute atomic E-state index is 3.45. The third-order valence-electron chi connectivity index (χ3n) is 7.51. The van der Waals surface area contributed by atoms with E-state index in [1.165, 1.54) is 36.0 Å². The van der Waals surface area contributed by atoms with E-state index in [1.54, 1.807) is 11.1 Å². The first-order valence-electron chi connectivity index (χ1n) is 11.2. The van der Waals surface area contributed by atoms with E-state index < -0.39 is 0 Å². The molecule has 2 aromatic rings. The number of nitrogens with one attached hydrogen (secondary N) is 1. The van der Waals surface area contributed by atoms with E-state index in [4.69, 9.17) is 0 Å². The lowest BCUT2D eigenvalue weighted by molar-refractivity contribution is 0.331. The Kier molecular flexibility index (Phi) is 5.40. The highest BCUT2D eigenvalue weighted by atomic mass is 32.2. The van der Waals surface area contributed by atoms with Gasteiger partial charge in [0.05, 0.1) is 0 Å². The van der Waals surface area contributed by atoms with Gasteiger partial charge < -0.3 is 5.32 Å². The van der Waals surface area contributed by atoms with Gasteiger partial charge in [-0.3, -0.25) is 0 Å². The second-order valence-corrected chi connectivity index (χ2v) is 12.2. The van der Waals surface area contributed by atoms with Gasteiger partial charge in [0, 0.05) is 23.1 Å². The summed E-state index contributed by atoms with van der Waals surface area (Å²) in [6.45, 7) is 15.5. The van der Waals surface area contributed by atoms with Crippen LogP contribution in [0, 0.1) is 0 Å². The van der Waals surface area contributed by atoms with Crippen molar-refractivity contribution in [2.75, 3.05) is 12.4 Å². The fraction of sp³-hybridized carbons (Fsp3) is 0.556. The molecule has 1 nitrogen and oxygen atoms in total. The highest BCUT2D eigenvalue weighted by molar-refractivity contribution is 8.00. The van der Waals surface area contributed by atoms with Crippen LogP contribution >= 0.6 is 11.8 Å². The van der Waals surface area contributed by atoms with E-state index in [0.717, 1.165) is 17.7 Å². The Balaban J connectivity index is 1.63. The predicted molar refractivity (Wildman–Crippen MR) is 128 cm³/mol. The van der Waals surface area contributed by atoms with E-state index in [1.807, 2.05) is 11.8 Å². The zero-order chi connectivity index (χ0) is 20.9. The Morgan fingerprint density at radius 1 is 0.897 bits per heavy atom. The van der Waals surface area contributed by atoms with Crippen LogP contribution in [-0.4, -0.2) is 17.7 Å². The SMILES string of the molecule is CC1(C)CCC(C)(C)c2cc(C(C)(C)c3ccc(CC4CNCS4)cc3)ccc21. The van der Waals surface area contributed by atoms with Gasteiger partial charge in [0.15, 0.2) is 0 Å². The number of fused-ring (bicyclic) bond motifs is 1. The molecule has 29 heavy (non-hydrogen) atoms. The molecule has 0 aromatic heterocycles. The maximum Gasteiger partial charge on any atom is 0.0421 e. The average Bonchev–Trinajstić information content (AvgIpc) is 3.19. The molecule has 1 heterocycles. The van der Waals surface area contributed by atoms with Gasteiger partial charge >= 0.3 is 0 Å². The summed E-state index contributed by atoms with van der Waals surface area (Å²) in [5.74, 6) is 1.10. The fourth-order valence-electron chi connectivity index (χ4n) is 5.05. The van der Waals surface area contributed by atoms with E-state index in [9.17, 15) is 0 Å². The van der Waals surface area contributed by atoms with Crippen LogP contribution in [0.1, 0.15) is 82.2 Å². The average molecular weight is 408 g/mol. The van der Waals surface area contributed by atoms with Gasteiger partial charge in [0.25, 0.3) is 0 Å². The first-order valence-corrected chi connectivity index (χ1v) is 12.2. The summed E-state index contributed by atoms with van der Waals surface area (Å²) in [6.07, 6.45) is 3.70. The highest BCUT2D eigenvalue weighted by Crippen LogP contribution is 2.47. The number of rotatable bonds is 4. The summed E-state index contributed by atoms with van der Waals surface area (Å²) >= 11 is 2.05. The third kappa shape index (κ3) is 4.03. The number of hydrogen-bond donors (Lipinski definition) is 1. The normalized spacial score (nSPS) is 23.0. The minimum absolute atomic E-state index is 0.00882. The summed E-state index contributed by atoms with van der Waals surface area (Å²) in [5, 5.41) is 4.17. The smallest absolute Gasteiger partial charge is 0.0421 e. The second kappa shape index (κ2) is 7.46. The van der Waals surface area contributed by atoms with E-state index in [0.29, 0.717) is 0 Å². The Hall–Kier alpha value is -1.25. The molecule has 2 aliphatic rings. The van der Waals surface area contributed by atoms with Crippen LogP contribution in [0.25, 0.3) is 0 Å². The zero-order valence-electron chi connectivity index (χ0n) is 19.1. The van der Waals surface area contributed by atoms with Gasteiger partial charge in [-0.05, 0) is 57.9 Å². The lowest BCUT2D eigenvalue weighted by atomic mass is 9.62. The fourth-order valence-corrected chi connectivity index (χ4v) is 6.07. The molecule has 1 atom stereocenters. The molecule has 1 unspecified atom stereocenters. The van der Waals surface area contributed by atoms with Gasteiger partial charge in [-0.15, -0.1) is 11.8 Å². The predicted octanol–water partition coefficient (Wildman–Crippen LogP) is 6.57. The van der Waals surface area contributed by atoms with Crippen LogP contribution in [-0.2, 0) is 22.7 Å². The molecule has 0 amide bonds. The summed E-state index contributed by atoms with van der Waals surface area (Å²) < 4.78 is 0. The van der Waals surface area contributed by atoms with Crippen molar-refractivity contribution in [3.05, 3.63) is 70.3 Å². The Morgan fingerprint density at radius 2 is 1.52 bits per heavy atom. The van der Waals surface area contributed by atoms with Crippen LogP contribution in [0.5, 0.6) is 0 Å². The van der Waals surface area contributed by atoms with Crippen molar-refractivity contribution in [1.82, 2.24) is 5.32 Å². The summed E-state index contributed by atoms with van der Waals surface area (Å²) in [6, 6.07) is 16.7. The third-order valence-corrected chi connectivity index (χ3v) is 8.68. The van der Waals surface area contributed by atoms with Crippen molar-refractivity contribution < 1.29 is 0 Å². The van der Waals surface area contributed by atoms with Gasteiger partial charge in [0.1, 0.15) is 0 Å². The van der Waals surface area contributed by atoms with Crippen molar-refractivity contribution >= 4 is 11.8 Å². The van der Waals surface area contributed by atoms with Crippen molar-refractivity contribution in [2.24, 2.45) is 0 Å². The number of hydrogen-bond acceptors (Lipinski definition) is 2. The molecule has 0 saturated carbocycles. The molecule has 0 bridgehead atoms. The summed E-state index contributed by atoms with van der Waals surface area (Å²) in [4.78, 5) is 0. The standard InChI is InChI=1S/C27H37NS/c1-25(2)13-14-26(3,4)24-16-21(11-12-23(24)25)27(5,6)20-9-7-19(8-10-20)15-22-17-28-18-29-22/h7-12,16,22,28H,13-15,17-18H2,1-6H3. The van der Waals surface area contributed by atoms with Crippen molar-refractivity contribution in [3.8, 4) is 0 Å².